The van der Waals surface area contributed by atoms with Crippen LogP contribution in [0.1, 0.15) is 23.0 Å². The van der Waals surface area contributed by atoms with Crippen LogP contribution in [-0.2, 0) is 6.54 Å². The van der Waals surface area contributed by atoms with Gasteiger partial charge in [0.15, 0.2) is 5.17 Å². The van der Waals surface area contributed by atoms with Crippen LogP contribution in [0.25, 0.3) is 0 Å². The number of thioether (sulfide) groups is 1. The number of hydrogen-bond donors (Lipinski definition) is 2. The molecule has 3 aromatic rings. The van der Waals surface area contributed by atoms with Crippen molar-refractivity contribution in [3.8, 4) is 23.1 Å². The molecule has 0 aliphatic heterocycles. The third-order valence-corrected chi connectivity index (χ3v) is 4.90. The number of amides is 1. The van der Waals surface area contributed by atoms with Crippen LogP contribution in [0.4, 0.5) is 5.69 Å². The molecule has 9 nitrogen and oxygen atoms in total. The minimum absolute atomic E-state index is 0.168. The number of nitrogens with two attached hydrogens (primary N) is 1. The third-order valence-electron chi connectivity index (χ3n) is 4.35. The van der Waals surface area contributed by atoms with E-state index >= 15 is 0 Å². The first-order chi connectivity index (χ1) is 16.0. The molecular weight excluding hydrogens is 442 g/mol. The minimum atomic E-state index is -0.398. The predicted octanol–water partition coefficient (Wildman–Crippen LogP) is 4.11. The van der Waals surface area contributed by atoms with Crippen molar-refractivity contribution in [3.05, 3.63) is 66.1 Å². The van der Waals surface area contributed by atoms with Gasteiger partial charge in [-0.15, -0.1) is 0 Å². The van der Waals surface area contributed by atoms with Crippen LogP contribution in [0.2, 0.25) is 0 Å². The molecule has 0 aliphatic rings. The van der Waals surface area contributed by atoms with Crippen molar-refractivity contribution in [2.75, 3.05) is 25.3 Å². The van der Waals surface area contributed by atoms with Crippen LogP contribution >= 0.6 is 11.8 Å². The topological polar surface area (TPSA) is 121 Å². The van der Waals surface area contributed by atoms with Crippen LogP contribution in [0.5, 0.6) is 23.1 Å². The number of ether oxygens (including phenoxy) is 3. The van der Waals surface area contributed by atoms with E-state index in [1.807, 2.05) is 31.4 Å². The summed E-state index contributed by atoms with van der Waals surface area (Å²) in [6, 6.07) is 12.6. The third kappa shape index (κ3) is 6.84. The summed E-state index contributed by atoms with van der Waals surface area (Å²) in [5.74, 6) is 1.84. The van der Waals surface area contributed by atoms with Gasteiger partial charge in [0.25, 0.3) is 5.91 Å². The standard InChI is InChI=1S/C23H25N5O4S/c1-4-31-21-14-25-19(13-26-21)22(29)28-16-8-9-20(15(10-16)12-27-23(24)33-3)32-18-7-5-6-17(11-18)30-2/h5-11,13-14H,4,12H2,1-3H3,(H2,24,27)(H,28,29). The summed E-state index contributed by atoms with van der Waals surface area (Å²) in [5.41, 5.74) is 7.32. The smallest absolute Gasteiger partial charge is 0.275 e. The second-order valence-electron chi connectivity index (χ2n) is 6.59. The largest absolute Gasteiger partial charge is 0.497 e. The van der Waals surface area contributed by atoms with Crippen LogP contribution in [0.15, 0.2) is 59.9 Å². The molecule has 10 heteroatoms. The number of hydrogen-bond acceptors (Lipinski definition) is 8. The monoisotopic (exact) mass is 467 g/mol. The Hall–Kier alpha value is -3.79. The van der Waals surface area contributed by atoms with Gasteiger partial charge in [-0.1, -0.05) is 17.8 Å². The maximum atomic E-state index is 12.6. The SMILES string of the molecule is CCOc1cnc(C(=O)Nc2ccc(Oc3cccc(OC)c3)c(CN=C(N)SC)c2)cn1. The number of carbonyl (C=O) groups is 1. The van der Waals surface area contributed by atoms with E-state index in [1.54, 1.807) is 31.4 Å². The number of aromatic nitrogens is 2. The number of carbonyl (C=O) groups excluding carboxylic acids is 1. The van der Waals surface area contributed by atoms with Gasteiger partial charge >= 0.3 is 0 Å². The van der Waals surface area contributed by atoms with Crippen LogP contribution < -0.4 is 25.3 Å². The summed E-state index contributed by atoms with van der Waals surface area (Å²) in [6.07, 6.45) is 4.63. The molecule has 0 radical (unpaired) electrons. The lowest BCUT2D eigenvalue weighted by Crippen LogP contribution is -2.14. The van der Waals surface area contributed by atoms with Gasteiger partial charge in [-0.3, -0.25) is 9.79 Å². The lowest BCUT2D eigenvalue weighted by atomic mass is 10.1. The minimum Gasteiger partial charge on any atom is -0.497 e. The van der Waals surface area contributed by atoms with E-state index in [9.17, 15) is 4.79 Å². The van der Waals surface area contributed by atoms with E-state index < -0.39 is 5.91 Å². The fourth-order valence-electron chi connectivity index (χ4n) is 2.75. The molecule has 1 amide bonds. The highest BCUT2D eigenvalue weighted by molar-refractivity contribution is 8.13. The second-order valence-corrected chi connectivity index (χ2v) is 7.42. The fraction of sp³-hybridized carbons (Fsp3) is 0.217. The number of methoxy groups -OCH3 is 1. The van der Waals surface area contributed by atoms with Gasteiger partial charge in [-0.05, 0) is 43.5 Å². The molecule has 0 atom stereocenters. The molecule has 1 heterocycles. The molecule has 0 aliphatic carbocycles. The van der Waals surface area contributed by atoms with Crippen LogP contribution in [-0.4, -0.2) is 41.0 Å². The van der Waals surface area contributed by atoms with Gasteiger partial charge in [0, 0.05) is 17.3 Å². The lowest BCUT2D eigenvalue weighted by Gasteiger charge is -2.13. The number of rotatable bonds is 9. The zero-order valence-electron chi connectivity index (χ0n) is 18.6. The Morgan fingerprint density at radius 3 is 2.67 bits per heavy atom. The van der Waals surface area contributed by atoms with Crippen LogP contribution in [0.3, 0.4) is 0 Å². The number of benzene rings is 2. The zero-order valence-corrected chi connectivity index (χ0v) is 19.4. The van der Waals surface area contributed by atoms with Crippen molar-refractivity contribution in [1.82, 2.24) is 9.97 Å². The van der Waals surface area contributed by atoms with Crippen molar-refractivity contribution in [3.63, 3.8) is 0 Å². The first-order valence-electron chi connectivity index (χ1n) is 10.1. The number of nitrogens with zero attached hydrogens (tertiary/aromatic N) is 3. The van der Waals surface area contributed by atoms with Crippen molar-refractivity contribution < 1.29 is 19.0 Å². The van der Waals surface area contributed by atoms with E-state index in [-0.39, 0.29) is 12.2 Å². The molecule has 0 saturated heterocycles. The molecule has 1 aromatic heterocycles. The highest BCUT2D eigenvalue weighted by Crippen LogP contribution is 2.30. The Kier molecular flexibility index (Phi) is 8.48. The Balaban J connectivity index is 1.82. The Bertz CT molecular complexity index is 1120. The molecule has 33 heavy (non-hydrogen) atoms. The Labute approximate surface area is 196 Å². The van der Waals surface area contributed by atoms with E-state index in [2.05, 4.69) is 20.3 Å². The predicted molar refractivity (Wildman–Crippen MR) is 130 cm³/mol. The molecule has 172 valence electrons. The summed E-state index contributed by atoms with van der Waals surface area (Å²) in [7, 11) is 1.59. The first kappa shape index (κ1) is 23.9. The van der Waals surface area contributed by atoms with Gasteiger partial charge in [0.05, 0.1) is 32.7 Å². The maximum Gasteiger partial charge on any atom is 0.275 e. The second kappa shape index (κ2) is 11.7. The number of amidine groups is 1. The molecule has 2 aromatic carbocycles. The van der Waals surface area contributed by atoms with Crippen LogP contribution in [0, 0.1) is 0 Å². The lowest BCUT2D eigenvalue weighted by molar-refractivity contribution is 0.102. The van der Waals surface area contributed by atoms with Crippen molar-refractivity contribution in [2.45, 2.75) is 13.5 Å². The van der Waals surface area contributed by atoms with Gasteiger partial charge in [-0.25, -0.2) is 9.97 Å². The summed E-state index contributed by atoms with van der Waals surface area (Å²) in [4.78, 5) is 25.1. The molecular formula is C23H25N5O4S. The summed E-state index contributed by atoms with van der Waals surface area (Å²) in [5, 5.41) is 3.26. The summed E-state index contributed by atoms with van der Waals surface area (Å²) < 4.78 is 16.6. The highest BCUT2D eigenvalue weighted by atomic mass is 32.2. The normalized spacial score (nSPS) is 11.1. The average Bonchev–Trinajstić information content (AvgIpc) is 2.84. The van der Waals surface area contributed by atoms with E-state index in [4.69, 9.17) is 19.9 Å². The number of aliphatic imine (C=N–C) groups is 1. The van der Waals surface area contributed by atoms with Gasteiger partial charge in [-0.2, -0.15) is 0 Å². The zero-order chi connectivity index (χ0) is 23.6. The molecule has 0 unspecified atom stereocenters. The maximum absolute atomic E-state index is 12.6. The molecule has 3 rings (SSSR count). The fourth-order valence-corrected chi connectivity index (χ4v) is 2.94. The van der Waals surface area contributed by atoms with Crippen molar-refractivity contribution in [2.24, 2.45) is 10.7 Å². The molecule has 3 N–H and O–H groups in total. The quantitative estimate of drug-likeness (QED) is 0.356. The average molecular weight is 468 g/mol. The van der Waals surface area contributed by atoms with Crippen molar-refractivity contribution in [1.29, 1.82) is 0 Å². The van der Waals surface area contributed by atoms with Gasteiger partial charge < -0.3 is 25.3 Å². The highest BCUT2D eigenvalue weighted by Gasteiger charge is 2.12. The van der Waals surface area contributed by atoms with E-state index in [1.165, 1.54) is 24.2 Å². The molecule has 0 bridgehead atoms. The Morgan fingerprint density at radius 2 is 1.97 bits per heavy atom. The molecule has 0 spiro atoms. The van der Waals surface area contributed by atoms with Gasteiger partial charge in [0.2, 0.25) is 5.88 Å². The van der Waals surface area contributed by atoms with Gasteiger partial charge in [0.1, 0.15) is 22.9 Å². The molecule has 0 fully saturated rings. The summed E-state index contributed by atoms with van der Waals surface area (Å²) >= 11 is 1.35. The van der Waals surface area contributed by atoms with E-state index in [0.717, 1.165) is 5.56 Å². The molecule has 0 saturated carbocycles. The number of anilines is 1. The number of nitrogens with one attached hydrogen (secondary N) is 1. The van der Waals surface area contributed by atoms with E-state index in [0.29, 0.717) is 40.6 Å². The first-order valence-corrected chi connectivity index (χ1v) is 11.3. The summed E-state index contributed by atoms with van der Waals surface area (Å²) in [6.45, 7) is 2.59. The van der Waals surface area contributed by atoms with Crippen molar-refractivity contribution >= 4 is 28.5 Å². The Morgan fingerprint density at radius 1 is 1.15 bits per heavy atom.